The first kappa shape index (κ1) is 21.8. The number of rotatable bonds is 8. The molecule has 2 heteroatoms. The maximum Gasteiger partial charge on any atom is 0.134 e. The van der Waals surface area contributed by atoms with Gasteiger partial charge < -0.3 is 0 Å². The molecule has 0 aliphatic rings. The maximum absolute atomic E-state index is 15.1. The lowest BCUT2D eigenvalue weighted by molar-refractivity contribution is 0.620. The van der Waals surface area contributed by atoms with Crippen molar-refractivity contribution in [2.24, 2.45) is 0 Å². The highest BCUT2D eigenvalue weighted by Crippen LogP contribution is 2.24. The van der Waals surface area contributed by atoms with Crippen molar-refractivity contribution in [2.75, 3.05) is 0 Å². The van der Waals surface area contributed by atoms with Crippen LogP contribution in [0.15, 0.2) is 78.9 Å². The normalized spacial score (nSPS) is 10.9. The van der Waals surface area contributed by atoms with Gasteiger partial charge in [0, 0.05) is 5.39 Å². The number of hydrogen-bond acceptors (Lipinski definition) is 1. The van der Waals surface area contributed by atoms with Gasteiger partial charge in [-0.3, -0.25) is 0 Å². The van der Waals surface area contributed by atoms with Crippen LogP contribution in [0.4, 0.5) is 4.39 Å². The third kappa shape index (κ3) is 5.24. The third-order valence-corrected chi connectivity index (χ3v) is 6.13. The Kier molecular flexibility index (Phi) is 6.97. The van der Waals surface area contributed by atoms with Gasteiger partial charge in [0.25, 0.3) is 0 Å². The molecule has 160 valence electrons. The van der Waals surface area contributed by atoms with Gasteiger partial charge in [0.1, 0.15) is 5.82 Å². The minimum atomic E-state index is -0.116. The van der Waals surface area contributed by atoms with Crippen LogP contribution in [0, 0.1) is 17.1 Å². The molecular weight excluding hydrogens is 393 g/mol. The van der Waals surface area contributed by atoms with E-state index in [-0.39, 0.29) is 5.82 Å². The fraction of sp³-hybridized carbons (Fsp3) is 0.233. The van der Waals surface area contributed by atoms with E-state index in [0.29, 0.717) is 17.4 Å². The van der Waals surface area contributed by atoms with Gasteiger partial charge in [0.05, 0.1) is 11.6 Å². The number of aryl methyl sites for hydroxylation is 5. The van der Waals surface area contributed by atoms with Crippen LogP contribution in [0.2, 0.25) is 0 Å². The van der Waals surface area contributed by atoms with Gasteiger partial charge in [-0.2, -0.15) is 5.26 Å². The zero-order chi connectivity index (χ0) is 22.3. The lowest BCUT2D eigenvalue weighted by atomic mass is 9.97. The monoisotopic (exact) mass is 421 g/mol. The summed E-state index contributed by atoms with van der Waals surface area (Å²) in [5.41, 5.74) is 6.47. The summed E-state index contributed by atoms with van der Waals surface area (Å²) in [4.78, 5) is 0. The molecule has 0 bridgehead atoms. The van der Waals surface area contributed by atoms with E-state index in [4.69, 9.17) is 5.26 Å². The largest absolute Gasteiger partial charge is 0.206 e. The second-order valence-electron chi connectivity index (χ2n) is 8.47. The van der Waals surface area contributed by atoms with Crippen molar-refractivity contribution in [3.63, 3.8) is 0 Å². The second kappa shape index (κ2) is 10.2. The minimum absolute atomic E-state index is 0.116. The summed E-state index contributed by atoms with van der Waals surface area (Å²) >= 11 is 0. The van der Waals surface area contributed by atoms with Gasteiger partial charge in [-0.25, -0.2) is 4.39 Å². The number of halogens is 1. The average molecular weight is 422 g/mol. The van der Waals surface area contributed by atoms with Crippen molar-refractivity contribution in [3.05, 3.63) is 118 Å². The number of nitriles is 1. The van der Waals surface area contributed by atoms with Crippen molar-refractivity contribution in [2.45, 2.75) is 45.4 Å². The van der Waals surface area contributed by atoms with Gasteiger partial charge in [-0.05, 0) is 77.4 Å². The molecule has 4 aromatic carbocycles. The fourth-order valence-electron chi connectivity index (χ4n) is 4.21. The SMILES string of the molecule is CCCc1ccc(CCc2ccc3c(F)c(CCc4ccc(C#N)cc4)ccc3c2)cc1. The van der Waals surface area contributed by atoms with Crippen LogP contribution in [0.1, 0.15) is 46.7 Å². The van der Waals surface area contributed by atoms with E-state index in [9.17, 15) is 0 Å². The summed E-state index contributed by atoms with van der Waals surface area (Å²) in [5, 5.41) is 10.6. The summed E-state index contributed by atoms with van der Waals surface area (Å²) in [6, 6.07) is 28.6. The summed E-state index contributed by atoms with van der Waals surface area (Å²) in [6.45, 7) is 2.20. The third-order valence-electron chi connectivity index (χ3n) is 6.13. The maximum atomic E-state index is 15.1. The lowest BCUT2D eigenvalue weighted by Crippen LogP contribution is -1.97. The standard InChI is InChI=1S/C30H28FN/c1-2-3-22-4-6-23(7-5-22)8-11-25-15-19-29-28(20-25)18-17-27(30(29)31)16-14-24-9-12-26(21-32)13-10-24/h4-7,9-10,12-13,15,17-20H,2-3,8,11,14,16H2,1H3. The Bertz CT molecular complexity index is 1230. The Balaban J connectivity index is 1.42. The van der Waals surface area contributed by atoms with Crippen LogP contribution in [-0.2, 0) is 32.1 Å². The molecule has 0 atom stereocenters. The van der Waals surface area contributed by atoms with Gasteiger partial charge in [0.2, 0.25) is 0 Å². The Morgan fingerprint density at radius 3 is 1.88 bits per heavy atom. The van der Waals surface area contributed by atoms with E-state index >= 15 is 4.39 Å². The molecule has 32 heavy (non-hydrogen) atoms. The molecule has 0 fully saturated rings. The van der Waals surface area contributed by atoms with Crippen LogP contribution < -0.4 is 0 Å². The van der Waals surface area contributed by atoms with Crippen molar-refractivity contribution < 1.29 is 4.39 Å². The predicted octanol–water partition coefficient (Wildman–Crippen LogP) is 7.37. The molecule has 1 nitrogen and oxygen atoms in total. The number of benzene rings is 4. The quantitative estimate of drug-likeness (QED) is 0.291. The molecule has 0 saturated carbocycles. The molecule has 0 aliphatic heterocycles. The zero-order valence-corrected chi connectivity index (χ0v) is 18.6. The molecule has 0 aliphatic carbocycles. The van der Waals surface area contributed by atoms with Gasteiger partial charge >= 0.3 is 0 Å². The summed E-state index contributed by atoms with van der Waals surface area (Å²) in [7, 11) is 0. The van der Waals surface area contributed by atoms with E-state index in [1.165, 1.54) is 23.1 Å². The smallest absolute Gasteiger partial charge is 0.134 e. The number of nitrogens with zero attached hydrogens (tertiary/aromatic N) is 1. The molecule has 0 N–H and O–H groups in total. The summed E-state index contributed by atoms with van der Waals surface area (Å²) in [6.07, 6.45) is 5.64. The van der Waals surface area contributed by atoms with Crippen LogP contribution >= 0.6 is 0 Å². The first-order valence-corrected chi connectivity index (χ1v) is 11.4. The molecular formula is C30H28FN. The van der Waals surface area contributed by atoms with Gasteiger partial charge in [-0.1, -0.05) is 80.1 Å². The first-order valence-electron chi connectivity index (χ1n) is 11.4. The predicted molar refractivity (Wildman–Crippen MR) is 130 cm³/mol. The molecule has 0 aromatic heterocycles. The van der Waals surface area contributed by atoms with Crippen molar-refractivity contribution >= 4 is 10.8 Å². The highest BCUT2D eigenvalue weighted by molar-refractivity contribution is 5.84. The molecule has 4 rings (SSSR count). The van der Waals surface area contributed by atoms with Crippen LogP contribution in [0.3, 0.4) is 0 Å². The van der Waals surface area contributed by atoms with E-state index < -0.39 is 0 Å². The first-order chi connectivity index (χ1) is 15.7. The zero-order valence-electron chi connectivity index (χ0n) is 18.6. The van der Waals surface area contributed by atoms with E-state index in [0.717, 1.165) is 42.2 Å². The van der Waals surface area contributed by atoms with E-state index in [1.54, 1.807) is 0 Å². The summed E-state index contributed by atoms with van der Waals surface area (Å²) < 4.78 is 15.1. The Morgan fingerprint density at radius 2 is 1.22 bits per heavy atom. The molecule has 0 spiro atoms. The fourth-order valence-corrected chi connectivity index (χ4v) is 4.21. The molecule has 0 saturated heterocycles. The van der Waals surface area contributed by atoms with Gasteiger partial charge in [0.15, 0.2) is 0 Å². The Morgan fingerprint density at radius 1 is 0.656 bits per heavy atom. The van der Waals surface area contributed by atoms with Crippen LogP contribution in [-0.4, -0.2) is 0 Å². The topological polar surface area (TPSA) is 23.8 Å². The molecule has 4 aromatic rings. The van der Waals surface area contributed by atoms with Crippen molar-refractivity contribution in [3.8, 4) is 6.07 Å². The van der Waals surface area contributed by atoms with Crippen LogP contribution in [0.25, 0.3) is 10.8 Å². The van der Waals surface area contributed by atoms with Crippen molar-refractivity contribution in [1.82, 2.24) is 0 Å². The van der Waals surface area contributed by atoms with Gasteiger partial charge in [-0.15, -0.1) is 0 Å². The lowest BCUT2D eigenvalue weighted by Gasteiger charge is -2.09. The highest BCUT2D eigenvalue weighted by atomic mass is 19.1. The minimum Gasteiger partial charge on any atom is -0.206 e. The van der Waals surface area contributed by atoms with Crippen LogP contribution in [0.5, 0.6) is 0 Å². The molecule has 0 heterocycles. The molecule has 0 radical (unpaired) electrons. The average Bonchev–Trinajstić information content (AvgIpc) is 2.84. The van der Waals surface area contributed by atoms with E-state index in [1.807, 2.05) is 42.5 Å². The second-order valence-corrected chi connectivity index (χ2v) is 8.47. The van der Waals surface area contributed by atoms with Crippen molar-refractivity contribution in [1.29, 1.82) is 5.26 Å². The highest BCUT2D eigenvalue weighted by Gasteiger charge is 2.09. The summed E-state index contributed by atoms with van der Waals surface area (Å²) in [5.74, 6) is -0.116. The Hall–Kier alpha value is -3.44. The van der Waals surface area contributed by atoms with E-state index in [2.05, 4.69) is 49.4 Å². The molecule has 0 amide bonds. The Labute approximate surface area is 190 Å². The number of hydrogen-bond donors (Lipinski definition) is 0. The molecule has 0 unspecified atom stereocenters. The number of fused-ring (bicyclic) bond motifs is 1.